The molecular formula is C11H12N2O3S. The van der Waals surface area contributed by atoms with Gasteiger partial charge in [0.2, 0.25) is 0 Å². The van der Waals surface area contributed by atoms with Gasteiger partial charge in [-0.3, -0.25) is 4.79 Å². The Bertz CT molecular complexity index is 469. The molecule has 5 nitrogen and oxygen atoms in total. The number of methoxy groups -OCH3 is 1. The van der Waals surface area contributed by atoms with Crippen LogP contribution in [0.15, 0.2) is 11.1 Å². The van der Waals surface area contributed by atoms with Crippen molar-refractivity contribution in [3.63, 3.8) is 0 Å². The number of aliphatic carboxylic acids is 1. The molecule has 0 aliphatic carbocycles. The van der Waals surface area contributed by atoms with Crippen LogP contribution in [0.2, 0.25) is 0 Å². The summed E-state index contributed by atoms with van der Waals surface area (Å²) in [4.78, 5) is 14.7. The number of ether oxygens (including phenoxy) is 1. The third-order valence-corrected chi connectivity index (χ3v) is 2.90. The first kappa shape index (κ1) is 13.5. The lowest BCUT2D eigenvalue weighted by molar-refractivity contribution is -0.133. The maximum absolute atomic E-state index is 10.5. The Morgan fingerprint density at radius 2 is 2.41 bits per heavy atom. The van der Waals surface area contributed by atoms with E-state index in [4.69, 9.17) is 15.1 Å². The Morgan fingerprint density at radius 1 is 1.71 bits per heavy atom. The van der Waals surface area contributed by atoms with E-state index in [1.165, 1.54) is 0 Å². The number of carboxylic acids is 1. The fourth-order valence-corrected chi connectivity index (χ4v) is 2.12. The van der Waals surface area contributed by atoms with E-state index in [9.17, 15) is 4.79 Å². The van der Waals surface area contributed by atoms with Crippen molar-refractivity contribution < 1.29 is 14.6 Å². The lowest BCUT2D eigenvalue weighted by Gasteiger charge is -2.08. The molecule has 0 unspecified atom stereocenters. The molecule has 0 saturated carbocycles. The Kier molecular flexibility index (Phi) is 4.94. The molecular weight excluding hydrogens is 240 g/mol. The van der Waals surface area contributed by atoms with E-state index in [0.717, 1.165) is 23.0 Å². The summed E-state index contributed by atoms with van der Waals surface area (Å²) in [7, 11) is 1.54. The fraction of sp³-hybridized carbons (Fsp3) is 0.364. The minimum absolute atomic E-state index is 0.114. The number of carbonyl (C=O) groups is 1. The molecule has 0 aliphatic heterocycles. The molecule has 17 heavy (non-hydrogen) atoms. The number of aromatic nitrogens is 1. The van der Waals surface area contributed by atoms with Crippen molar-refractivity contribution in [3.05, 3.63) is 22.9 Å². The average Bonchev–Trinajstić information content (AvgIpc) is 2.26. The molecule has 1 aromatic heterocycles. The number of nitriles is 1. The topological polar surface area (TPSA) is 83.2 Å². The van der Waals surface area contributed by atoms with E-state index < -0.39 is 5.97 Å². The minimum Gasteiger partial charge on any atom is -0.481 e. The van der Waals surface area contributed by atoms with Gasteiger partial charge in [0.25, 0.3) is 0 Å². The molecule has 0 bridgehead atoms. The first-order chi connectivity index (χ1) is 8.08. The largest absolute Gasteiger partial charge is 0.481 e. The highest BCUT2D eigenvalue weighted by Crippen LogP contribution is 2.24. The van der Waals surface area contributed by atoms with E-state index >= 15 is 0 Å². The second-order valence-electron chi connectivity index (χ2n) is 3.33. The molecule has 0 amide bonds. The molecule has 90 valence electrons. The Labute approximate surface area is 103 Å². The third kappa shape index (κ3) is 3.73. The Hall–Kier alpha value is -1.58. The molecule has 1 heterocycles. The second-order valence-corrected chi connectivity index (χ2v) is 4.29. The van der Waals surface area contributed by atoms with Crippen LogP contribution in [0.3, 0.4) is 0 Å². The van der Waals surface area contributed by atoms with Gasteiger partial charge in [0.1, 0.15) is 11.1 Å². The predicted molar refractivity (Wildman–Crippen MR) is 62.8 cm³/mol. The molecule has 0 atom stereocenters. The smallest absolute Gasteiger partial charge is 0.313 e. The Morgan fingerprint density at radius 3 is 2.94 bits per heavy atom. The van der Waals surface area contributed by atoms with Gasteiger partial charge in [-0.25, -0.2) is 4.98 Å². The first-order valence-corrected chi connectivity index (χ1v) is 5.81. The van der Waals surface area contributed by atoms with E-state index in [2.05, 4.69) is 4.98 Å². The summed E-state index contributed by atoms with van der Waals surface area (Å²) >= 11 is 1.05. The normalized spacial score (nSPS) is 9.94. The predicted octanol–water partition coefficient (Wildman–Crippen LogP) is 1.58. The van der Waals surface area contributed by atoms with Crippen LogP contribution in [0, 0.1) is 18.3 Å². The molecule has 1 aromatic rings. The van der Waals surface area contributed by atoms with E-state index in [1.807, 2.05) is 6.07 Å². The SMILES string of the molecule is COCc1cc(C)nc(SCC(=O)O)c1C#N. The fourth-order valence-electron chi connectivity index (χ4n) is 1.33. The van der Waals surface area contributed by atoms with Crippen LogP contribution in [-0.4, -0.2) is 28.9 Å². The van der Waals surface area contributed by atoms with Gasteiger partial charge in [0.05, 0.1) is 17.9 Å². The molecule has 1 N–H and O–H groups in total. The van der Waals surface area contributed by atoms with Gasteiger partial charge in [-0.1, -0.05) is 11.8 Å². The van der Waals surface area contributed by atoms with Gasteiger partial charge in [-0.15, -0.1) is 0 Å². The van der Waals surface area contributed by atoms with Crippen LogP contribution in [0.25, 0.3) is 0 Å². The van der Waals surface area contributed by atoms with Gasteiger partial charge in [0.15, 0.2) is 0 Å². The number of carboxylic acid groups (broad SMARTS) is 1. The van der Waals surface area contributed by atoms with Gasteiger partial charge in [-0.05, 0) is 18.6 Å². The van der Waals surface area contributed by atoms with Crippen molar-refractivity contribution in [2.24, 2.45) is 0 Å². The first-order valence-electron chi connectivity index (χ1n) is 4.82. The summed E-state index contributed by atoms with van der Waals surface area (Å²) in [5.41, 5.74) is 1.86. The molecule has 0 aliphatic rings. The number of rotatable bonds is 5. The van der Waals surface area contributed by atoms with Gasteiger partial charge in [-0.2, -0.15) is 5.26 Å². The number of aryl methyl sites for hydroxylation is 1. The molecule has 0 aromatic carbocycles. The lowest BCUT2D eigenvalue weighted by Crippen LogP contribution is -2.03. The van der Waals surface area contributed by atoms with Crippen LogP contribution in [0.4, 0.5) is 0 Å². The monoisotopic (exact) mass is 252 g/mol. The number of thioether (sulfide) groups is 1. The Balaban J connectivity index is 3.10. The van der Waals surface area contributed by atoms with Crippen molar-refractivity contribution in [2.75, 3.05) is 12.9 Å². The third-order valence-electron chi connectivity index (χ3n) is 1.94. The number of hydrogen-bond donors (Lipinski definition) is 1. The summed E-state index contributed by atoms with van der Waals surface area (Å²) in [5, 5.41) is 18.1. The molecule has 0 saturated heterocycles. The lowest BCUT2D eigenvalue weighted by atomic mass is 10.1. The minimum atomic E-state index is -0.935. The van der Waals surface area contributed by atoms with Crippen LogP contribution < -0.4 is 0 Å². The number of nitrogens with zero attached hydrogens (tertiary/aromatic N) is 2. The van der Waals surface area contributed by atoms with E-state index in [0.29, 0.717) is 17.2 Å². The van der Waals surface area contributed by atoms with Crippen molar-refractivity contribution in [1.82, 2.24) is 4.98 Å². The molecule has 0 radical (unpaired) electrons. The maximum atomic E-state index is 10.5. The van der Waals surface area contributed by atoms with Crippen LogP contribution in [0.1, 0.15) is 16.8 Å². The second kappa shape index (κ2) is 6.23. The summed E-state index contributed by atoms with van der Waals surface area (Å²) in [6, 6.07) is 3.81. The summed E-state index contributed by atoms with van der Waals surface area (Å²) in [6.07, 6.45) is 0. The molecule has 0 spiro atoms. The van der Waals surface area contributed by atoms with Crippen molar-refractivity contribution in [3.8, 4) is 6.07 Å². The summed E-state index contributed by atoms with van der Waals surface area (Å²) < 4.78 is 5.00. The highest BCUT2D eigenvalue weighted by Gasteiger charge is 2.13. The summed E-state index contributed by atoms with van der Waals surface area (Å²) in [5.74, 6) is -1.05. The van der Waals surface area contributed by atoms with Crippen molar-refractivity contribution in [1.29, 1.82) is 5.26 Å². The molecule has 1 rings (SSSR count). The van der Waals surface area contributed by atoms with Crippen LogP contribution >= 0.6 is 11.8 Å². The zero-order chi connectivity index (χ0) is 12.8. The zero-order valence-corrected chi connectivity index (χ0v) is 10.4. The van der Waals surface area contributed by atoms with Crippen LogP contribution in [-0.2, 0) is 16.1 Å². The van der Waals surface area contributed by atoms with E-state index in [-0.39, 0.29) is 5.75 Å². The maximum Gasteiger partial charge on any atom is 0.313 e. The van der Waals surface area contributed by atoms with Gasteiger partial charge < -0.3 is 9.84 Å². The molecule has 6 heteroatoms. The number of pyridine rings is 1. The van der Waals surface area contributed by atoms with E-state index in [1.54, 1.807) is 20.1 Å². The standard InChI is InChI=1S/C11H12N2O3S/c1-7-3-8(5-16-2)9(4-12)11(13-7)17-6-10(14)15/h3H,5-6H2,1-2H3,(H,14,15). The van der Waals surface area contributed by atoms with Gasteiger partial charge >= 0.3 is 5.97 Å². The highest BCUT2D eigenvalue weighted by molar-refractivity contribution is 7.99. The number of hydrogen-bond acceptors (Lipinski definition) is 5. The van der Waals surface area contributed by atoms with Crippen molar-refractivity contribution in [2.45, 2.75) is 18.6 Å². The molecule has 0 fully saturated rings. The highest BCUT2D eigenvalue weighted by atomic mass is 32.2. The average molecular weight is 252 g/mol. The van der Waals surface area contributed by atoms with Crippen molar-refractivity contribution >= 4 is 17.7 Å². The summed E-state index contributed by atoms with van der Waals surface area (Å²) in [6.45, 7) is 2.11. The quantitative estimate of drug-likeness (QED) is 0.801. The van der Waals surface area contributed by atoms with Gasteiger partial charge in [0, 0.05) is 12.8 Å². The zero-order valence-electron chi connectivity index (χ0n) is 9.56. The van der Waals surface area contributed by atoms with Crippen LogP contribution in [0.5, 0.6) is 0 Å².